The molecular weight excluding hydrogens is 244 g/mol. The van der Waals surface area contributed by atoms with Gasteiger partial charge in [-0.05, 0) is 36.8 Å². The van der Waals surface area contributed by atoms with Gasteiger partial charge in [-0.2, -0.15) is 0 Å². The van der Waals surface area contributed by atoms with Crippen molar-refractivity contribution >= 4 is 5.97 Å². The molecule has 2 N–H and O–H groups in total. The van der Waals surface area contributed by atoms with E-state index in [0.717, 1.165) is 11.1 Å². The molecular formula is C15H20O4. The minimum absolute atomic E-state index is 0.0563. The average Bonchev–Trinajstić information content (AvgIpc) is 2.61. The quantitative estimate of drug-likeness (QED) is 0.393. The summed E-state index contributed by atoms with van der Waals surface area (Å²) in [6, 6.07) is 0. The highest BCUT2D eigenvalue weighted by Crippen LogP contribution is 2.49. The largest absolute Gasteiger partial charge is 0.458 e. The number of hydrogen-bond donors (Lipinski definition) is 2. The van der Waals surface area contributed by atoms with Gasteiger partial charge in [-0.25, -0.2) is 4.79 Å². The van der Waals surface area contributed by atoms with Crippen LogP contribution in [-0.4, -0.2) is 34.0 Å². The molecule has 5 unspecified atom stereocenters. The van der Waals surface area contributed by atoms with E-state index in [4.69, 9.17) is 4.74 Å². The lowest BCUT2D eigenvalue weighted by molar-refractivity contribution is -0.139. The Bertz CT molecular complexity index is 488. The van der Waals surface area contributed by atoms with Crippen molar-refractivity contribution in [2.45, 2.75) is 50.9 Å². The molecule has 3 rings (SSSR count). The van der Waals surface area contributed by atoms with Crippen LogP contribution in [0.5, 0.6) is 0 Å². The maximum absolute atomic E-state index is 11.6. The first-order chi connectivity index (χ1) is 8.81. The van der Waals surface area contributed by atoms with Gasteiger partial charge in [0.2, 0.25) is 0 Å². The van der Waals surface area contributed by atoms with E-state index in [1.54, 1.807) is 6.92 Å². The Labute approximate surface area is 112 Å². The molecule has 0 spiro atoms. The topological polar surface area (TPSA) is 66.8 Å². The number of hydrogen-bond acceptors (Lipinski definition) is 4. The van der Waals surface area contributed by atoms with E-state index in [1.165, 1.54) is 0 Å². The molecule has 0 aromatic heterocycles. The molecule has 1 aliphatic heterocycles. The van der Waals surface area contributed by atoms with Crippen LogP contribution < -0.4 is 0 Å². The predicted octanol–water partition coefficient (Wildman–Crippen LogP) is 1.33. The van der Waals surface area contributed by atoms with E-state index in [2.05, 4.69) is 6.58 Å². The smallest absolute Gasteiger partial charge is 0.334 e. The van der Waals surface area contributed by atoms with E-state index in [9.17, 15) is 15.0 Å². The summed E-state index contributed by atoms with van der Waals surface area (Å²) in [4.78, 5) is 11.6. The van der Waals surface area contributed by atoms with E-state index < -0.39 is 11.7 Å². The van der Waals surface area contributed by atoms with Crippen LogP contribution in [0.15, 0.2) is 23.3 Å². The van der Waals surface area contributed by atoms with Gasteiger partial charge in [0.15, 0.2) is 0 Å². The molecule has 1 heterocycles. The minimum atomic E-state index is -0.982. The maximum atomic E-state index is 11.6. The monoisotopic (exact) mass is 264 g/mol. The molecule has 0 aromatic carbocycles. The average molecular weight is 264 g/mol. The zero-order valence-electron chi connectivity index (χ0n) is 11.3. The Hall–Kier alpha value is -1.13. The fraction of sp³-hybridized carbons (Fsp3) is 0.667. The summed E-state index contributed by atoms with van der Waals surface area (Å²) in [5, 5.41) is 20.7. The highest BCUT2D eigenvalue weighted by atomic mass is 16.6. The first-order valence-electron chi connectivity index (χ1n) is 6.85. The zero-order valence-corrected chi connectivity index (χ0v) is 11.3. The molecule has 0 amide bonds. The van der Waals surface area contributed by atoms with Gasteiger partial charge in [-0.3, -0.25) is 0 Å². The summed E-state index contributed by atoms with van der Waals surface area (Å²) in [5.41, 5.74) is 1.36. The second kappa shape index (κ2) is 3.93. The van der Waals surface area contributed by atoms with Crippen molar-refractivity contribution in [1.29, 1.82) is 0 Å². The Morgan fingerprint density at radius 2 is 2.16 bits per heavy atom. The molecule has 19 heavy (non-hydrogen) atoms. The molecule has 4 nitrogen and oxygen atoms in total. The van der Waals surface area contributed by atoms with Crippen LogP contribution in [0.2, 0.25) is 0 Å². The first-order valence-corrected chi connectivity index (χ1v) is 6.85. The van der Waals surface area contributed by atoms with Crippen molar-refractivity contribution in [3.63, 3.8) is 0 Å². The molecule has 3 aliphatic rings. The maximum Gasteiger partial charge on any atom is 0.334 e. The summed E-state index contributed by atoms with van der Waals surface area (Å²) >= 11 is 0. The lowest BCUT2D eigenvalue weighted by atomic mass is 9.85. The van der Waals surface area contributed by atoms with Crippen LogP contribution >= 0.6 is 0 Å². The van der Waals surface area contributed by atoms with Gasteiger partial charge in [0.05, 0.1) is 11.7 Å². The van der Waals surface area contributed by atoms with Crippen LogP contribution in [0.25, 0.3) is 0 Å². The van der Waals surface area contributed by atoms with E-state index in [1.807, 2.05) is 6.92 Å². The van der Waals surface area contributed by atoms with Crippen molar-refractivity contribution < 1.29 is 19.7 Å². The highest BCUT2D eigenvalue weighted by Gasteiger charge is 2.49. The molecule has 1 saturated heterocycles. The zero-order chi connectivity index (χ0) is 13.9. The number of ether oxygens (including phenoxy) is 1. The van der Waals surface area contributed by atoms with Gasteiger partial charge in [-0.15, -0.1) is 0 Å². The second-order valence-corrected chi connectivity index (χ2v) is 6.34. The summed E-state index contributed by atoms with van der Waals surface area (Å²) in [6.45, 7) is 7.59. The number of aliphatic hydroxyl groups is 2. The molecule has 0 radical (unpaired) electrons. The lowest BCUT2D eigenvalue weighted by Crippen LogP contribution is -2.28. The van der Waals surface area contributed by atoms with Gasteiger partial charge in [-0.1, -0.05) is 13.5 Å². The van der Waals surface area contributed by atoms with Crippen molar-refractivity contribution in [3.8, 4) is 0 Å². The van der Waals surface area contributed by atoms with E-state index >= 15 is 0 Å². The molecule has 1 fully saturated rings. The van der Waals surface area contributed by atoms with Gasteiger partial charge in [0, 0.05) is 17.9 Å². The Balaban J connectivity index is 2.02. The van der Waals surface area contributed by atoms with Crippen LogP contribution in [0.3, 0.4) is 0 Å². The number of rotatable bonds is 0. The third-order valence-electron chi connectivity index (χ3n) is 4.91. The van der Waals surface area contributed by atoms with E-state index in [0.29, 0.717) is 24.8 Å². The fourth-order valence-electron chi connectivity index (χ4n) is 3.92. The van der Waals surface area contributed by atoms with Crippen molar-refractivity contribution in [2.75, 3.05) is 0 Å². The number of carbonyl (C=O) groups excluding carboxylic acids is 1. The molecule has 0 saturated carbocycles. The van der Waals surface area contributed by atoms with Crippen molar-refractivity contribution in [2.24, 2.45) is 11.8 Å². The van der Waals surface area contributed by atoms with Crippen LogP contribution in [0, 0.1) is 11.8 Å². The SMILES string of the molecule is C=C1C(=O)OC2CC(C)C3=C(CC12)C(C)(O)CC3O. The number of aliphatic hydroxyl groups excluding tert-OH is 1. The van der Waals surface area contributed by atoms with Crippen LogP contribution in [0.1, 0.15) is 33.1 Å². The molecule has 4 heteroatoms. The summed E-state index contributed by atoms with van der Waals surface area (Å²) in [6.07, 6.45) is 0.868. The fourth-order valence-corrected chi connectivity index (χ4v) is 3.92. The van der Waals surface area contributed by atoms with Crippen LogP contribution in [-0.2, 0) is 9.53 Å². The third-order valence-corrected chi connectivity index (χ3v) is 4.91. The van der Waals surface area contributed by atoms with Gasteiger partial charge in [0.25, 0.3) is 0 Å². The van der Waals surface area contributed by atoms with Gasteiger partial charge >= 0.3 is 5.97 Å². The Morgan fingerprint density at radius 3 is 2.84 bits per heavy atom. The van der Waals surface area contributed by atoms with Gasteiger partial charge in [0.1, 0.15) is 6.10 Å². The predicted molar refractivity (Wildman–Crippen MR) is 69.2 cm³/mol. The minimum Gasteiger partial charge on any atom is -0.458 e. The lowest BCUT2D eigenvalue weighted by Gasteiger charge is -2.24. The first kappa shape index (κ1) is 12.9. The van der Waals surface area contributed by atoms with Gasteiger partial charge < -0.3 is 14.9 Å². The standard InChI is InChI=1S/C15H20O4/c1-7-4-12-9(8(2)14(17)19-12)5-10-13(7)11(16)6-15(10,3)18/h7,9,11-12,16,18H,2,4-6H2,1,3H3. The number of esters is 1. The Morgan fingerprint density at radius 1 is 1.47 bits per heavy atom. The second-order valence-electron chi connectivity index (χ2n) is 6.34. The van der Waals surface area contributed by atoms with E-state index in [-0.39, 0.29) is 23.9 Å². The summed E-state index contributed by atoms with van der Waals surface area (Å²) < 4.78 is 5.37. The number of carbonyl (C=O) groups is 1. The van der Waals surface area contributed by atoms with Crippen molar-refractivity contribution in [1.82, 2.24) is 0 Å². The number of fused-ring (bicyclic) bond motifs is 1. The van der Waals surface area contributed by atoms with Crippen LogP contribution in [0.4, 0.5) is 0 Å². The molecule has 0 bridgehead atoms. The summed E-state index contributed by atoms with van der Waals surface area (Å²) in [5.74, 6) is -0.253. The molecule has 0 aromatic rings. The third kappa shape index (κ3) is 1.77. The highest BCUT2D eigenvalue weighted by molar-refractivity contribution is 5.91. The molecule has 5 atom stereocenters. The summed E-state index contributed by atoms with van der Waals surface area (Å²) in [7, 11) is 0. The van der Waals surface area contributed by atoms with Crippen molar-refractivity contribution in [3.05, 3.63) is 23.3 Å². The molecule has 104 valence electrons. The Kier molecular flexibility index (Phi) is 2.67. The molecule has 2 aliphatic carbocycles. The normalized spacial score (nSPS) is 45.9.